The lowest BCUT2D eigenvalue weighted by atomic mass is 9.84. The fourth-order valence-electron chi connectivity index (χ4n) is 6.19. The third-order valence-electron chi connectivity index (χ3n) is 8.52. The molecule has 2 amide bonds. The minimum atomic E-state index is -3.73. The Hall–Kier alpha value is -4.12. The summed E-state index contributed by atoms with van der Waals surface area (Å²) in [4.78, 5) is 30.3. The van der Waals surface area contributed by atoms with Gasteiger partial charge in [-0.25, -0.2) is 22.4 Å². The molecule has 0 bridgehead atoms. The second-order valence-electron chi connectivity index (χ2n) is 11.6. The summed E-state index contributed by atoms with van der Waals surface area (Å²) >= 11 is 0. The number of methoxy groups -OCH3 is 1. The van der Waals surface area contributed by atoms with Gasteiger partial charge in [0.15, 0.2) is 0 Å². The van der Waals surface area contributed by atoms with Gasteiger partial charge in [-0.3, -0.25) is 9.78 Å². The first kappa shape index (κ1) is 35.2. The highest BCUT2D eigenvalue weighted by molar-refractivity contribution is 7.86. The molecule has 2 aliphatic heterocycles. The van der Waals surface area contributed by atoms with Crippen LogP contribution in [0, 0.1) is 23.3 Å². The number of benzene rings is 2. The van der Waals surface area contributed by atoms with E-state index in [1.54, 1.807) is 0 Å². The number of halogens is 4. The number of alkyl carbamates (subject to hydrolysis) is 1. The molecule has 2 aliphatic rings. The summed E-state index contributed by atoms with van der Waals surface area (Å²) in [5, 5.41) is 8.17. The van der Waals surface area contributed by atoms with Crippen molar-refractivity contribution in [3.05, 3.63) is 94.8 Å². The lowest BCUT2D eigenvalue weighted by Gasteiger charge is -2.37. The number of hydrogen-bond donors (Lipinski definition) is 3. The second kappa shape index (κ2) is 15.4. The fourth-order valence-corrected chi connectivity index (χ4v) is 8.09. The van der Waals surface area contributed by atoms with Gasteiger partial charge in [0, 0.05) is 56.3 Å². The van der Waals surface area contributed by atoms with Crippen molar-refractivity contribution in [1.82, 2.24) is 24.2 Å². The number of nitrogens with one attached hydrogen (secondary N) is 3. The minimum Gasteiger partial charge on any atom is -0.453 e. The highest BCUT2D eigenvalue weighted by Gasteiger charge is 2.38. The monoisotopic (exact) mass is 692 g/mol. The largest absolute Gasteiger partial charge is 0.453 e. The molecule has 2 saturated heterocycles. The summed E-state index contributed by atoms with van der Waals surface area (Å²) in [7, 11) is -2.67. The molecular weight excluding hydrogens is 656 g/mol. The summed E-state index contributed by atoms with van der Waals surface area (Å²) in [5.74, 6) is -5.47. The van der Waals surface area contributed by atoms with Crippen molar-refractivity contribution >= 4 is 27.9 Å². The van der Waals surface area contributed by atoms with Crippen molar-refractivity contribution in [2.45, 2.75) is 43.7 Å². The van der Waals surface area contributed by atoms with Crippen LogP contribution < -0.4 is 16.0 Å². The van der Waals surface area contributed by atoms with Gasteiger partial charge in [-0.05, 0) is 61.1 Å². The van der Waals surface area contributed by atoms with Gasteiger partial charge in [-0.15, -0.1) is 0 Å². The number of carbonyl (C=O) groups excluding carboxylic acids is 2. The van der Waals surface area contributed by atoms with Gasteiger partial charge in [-0.2, -0.15) is 17.0 Å². The van der Waals surface area contributed by atoms with Crippen LogP contribution in [0.3, 0.4) is 0 Å². The summed E-state index contributed by atoms with van der Waals surface area (Å²) in [5.41, 5.74) is 0.143. The summed E-state index contributed by atoms with van der Waals surface area (Å²) in [6.45, 7) is 1.94. The van der Waals surface area contributed by atoms with Crippen molar-refractivity contribution in [1.29, 1.82) is 0 Å². The molecule has 3 aromatic rings. The van der Waals surface area contributed by atoms with Crippen molar-refractivity contribution < 1.29 is 40.3 Å². The quantitative estimate of drug-likeness (QED) is 0.261. The van der Waals surface area contributed by atoms with Crippen LogP contribution in [0.5, 0.6) is 0 Å². The van der Waals surface area contributed by atoms with E-state index < -0.39 is 63.5 Å². The standard InChI is InChI=1S/C32H36F4N6O5S/c1-47-32(44)40-30(29(20-4-6-22(33)7-5-20)21-14-23(34)16-24(35)15-21)31(43)39-28-19-38-18-27(36)26(28)9-8-25-17-37-10-13-42(25)48(45,46)41-11-2-3-12-41/h4-7,14-16,18-19,25,29-30,37H,2-3,8-13,17H2,1H3,(H,39,43)(H,40,44)/t25-,29?,30?/m0/s1. The van der Waals surface area contributed by atoms with E-state index in [9.17, 15) is 31.2 Å². The molecule has 1 aromatic heterocycles. The lowest BCUT2D eigenvalue weighted by Crippen LogP contribution is -2.57. The van der Waals surface area contributed by atoms with Crippen LogP contribution in [0.1, 0.15) is 41.9 Å². The van der Waals surface area contributed by atoms with E-state index in [2.05, 4.69) is 20.9 Å². The minimum absolute atomic E-state index is 0.00787. The number of amides is 2. The van der Waals surface area contributed by atoms with Crippen LogP contribution >= 0.6 is 0 Å². The van der Waals surface area contributed by atoms with Crippen molar-refractivity contribution in [2.24, 2.45) is 0 Å². The molecule has 3 heterocycles. The van der Waals surface area contributed by atoms with Crippen molar-refractivity contribution in [2.75, 3.05) is 45.2 Å². The molecular formula is C32H36F4N6O5S. The third kappa shape index (κ3) is 8.11. The Labute approximate surface area is 275 Å². The smallest absolute Gasteiger partial charge is 0.407 e. The van der Waals surface area contributed by atoms with Crippen LogP contribution in [-0.2, 0) is 26.2 Å². The molecule has 3 atom stereocenters. The number of aromatic nitrogens is 1. The van der Waals surface area contributed by atoms with Gasteiger partial charge >= 0.3 is 6.09 Å². The first-order valence-electron chi connectivity index (χ1n) is 15.4. The molecule has 0 aliphatic carbocycles. The predicted octanol–water partition coefficient (Wildman–Crippen LogP) is 3.68. The Kier molecular flexibility index (Phi) is 11.3. The molecule has 48 heavy (non-hydrogen) atoms. The van der Waals surface area contributed by atoms with E-state index in [4.69, 9.17) is 4.74 Å². The maximum Gasteiger partial charge on any atom is 0.407 e. The number of piperazine rings is 1. The number of anilines is 1. The molecule has 3 N–H and O–H groups in total. The molecule has 0 radical (unpaired) electrons. The van der Waals surface area contributed by atoms with Gasteiger partial charge in [0.25, 0.3) is 10.2 Å². The van der Waals surface area contributed by atoms with E-state index >= 15 is 4.39 Å². The van der Waals surface area contributed by atoms with Crippen LogP contribution in [0.15, 0.2) is 54.9 Å². The van der Waals surface area contributed by atoms with Gasteiger partial charge in [0.2, 0.25) is 5.91 Å². The topological polar surface area (TPSA) is 133 Å². The number of ether oxygens (including phenoxy) is 1. The van der Waals surface area contributed by atoms with E-state index in [0.717, 1.165) is 50.4 Å². The highest BCUT2D eigenvalue weighted by Crippen LogP contribution is 2.32. The summed E-state index contributed by atoms with van der Waals surface area (Å²) in [6.07, 6.45) is 2.89. The fraction of sp³-hybridized carbons (Fsp3) is 0.406. The Morgan fingerprint density at radius 3 is 2.33 bits per heavy atom. The SMILES string of the molecule is COC(=O)NC(C(=O)Nc1cncc(F)c1CC[C@H]1CNCCN1S(=O)(=O)N1CCCC1)C(c1ccc(F)cc1)c1cc(F)cc(F)c1. The molecule has 11 nitrogen and oxygen atoms in total. The summed E-state index contributed by atoms with van der Waals surface area (Å²) in [6, 6.07) is 5.27. The van der Waals surface area contributed by atoms with E-state index in [1.807, 2.05) is 0 Å². The first-order chi connectivity index (χ1) is 23.0. The van der Waals surface area contributed by atoms with Crippen LogP contribution in [0.2, 0.25) is 0 Å². The molecule has 5 rings (SSSR count). The van der Waals surface area contributed by atoms with Gasteiger partial charge in [0.1, 0.15) is 29.3 Å². The molecule has 2 fully saturated rings. The van der Waals surface area contributed by atoms with E-state index in [1.165, 1.54) is 26.9 Å². The Morgan fingerprint density at radius 2 is 1.67 bits per heavy atom. The average molecular weight is 693 g/mol. The van der Waals surface area contributed by atoms with Gasteiger partial charge < -0.3 is 20.7 Å². The number of carbonyl (C=O) groups is 2. The molecule has 258 valence electrons. The normalized spacial score (nSPS) is 18.6. The number of rotatable bonds is 11. The average Bonchev–Trinajstić information content (AvgIpc) is 3.61. The molecule has 2 aromatic carbocycles. The zero-order valence-corrected chi connectivity index (χ0v) is 26.9. The molecule has 0 saturated carbocycles. The molecule has 0 spiro atoms. The first-order valence-corrected chi connectivity index (χ1v) is 16.8. The number of pyridine rings is 1. The van der Waals surface area contributed by atoms with Gasteiger partial charge in [0.05, 0.1) is 25.2 Å². The Morgan fingerprint density at radius 1 is 0.979 bits per heavy atom. The van der Waals surface area contributed by atoms with Crippen molar-refractivity contribution in [3.63, 3.8) is 0 Å². The third-order valence-corrected chi connectivity index (χ3v) is 10.6. The van der Waals surface area contributed by atoms with Crippen LogP contribution in [0.4, 0.5) is 28.0 Å². The molecule has 16 heteroatoms. The summed E-state index contributed by atoms with van der Waals surface area (Å²) < 4.78 is 92.5. The zero-order chi connectivity index (χ0) is 34.4. The lowest BCUT2D eigenvalue weighted by molar-refractivity contribution is -0.118. The second-order valence-corrected chi connectivity index (χ2v) is 13.5. The van der Waals surface area contributed by atoms with Crippen molar-refractivity contribution in [3.8, 4) is 0 Å². The maximum atomic E-state index is 15.3. The van der Waals surface area contributed by atoms with Crippen LogP contribution in [-0.4, -0.2) is 85.9 Å². The zero-order valence-electron chi connectivity index (χ0n) is 26.1. The Bertz CT molecular complexity index is 1710. The Balaban J connectivity index is 1.44. The maximum absolute atomic E-state index is 15.3. The predicted molar refractivity (Wildman–Crippen MR) is 168 cm³/mol. The van der Waals surface area contributed by atoms with E-state index in [0.29, 0.717) is 32.2 Å². The number of hydrogen-bond acceptors (Lipinski definition) is 7. The van der Waals surface area contributed by atoms with Gasteiger partial charge in [-0.1, -0.05) is 12.1 Å². The van der Waals surface area contributed by atoms with E-state index in [-0.39, 0.29) is 41.8 Å². The highest BCUT2D eigenvalue weighted by atomic mass is 32.2. The number of nitrogens with zero attached hydrogens (tertiary/aromatic N) is 3. The molecule has 2 unspecified atom stereocenters. The van der Waals surface area contributed by atoms with Crippen LogP contribution in [0.25, 0.3) is 0 Å².